The van der Waals surface area contributed by atoms with Crippen LogP contribution in [0.1, 0.15) is 16.8 Å². The number of amides is 1. The normalized spacial score (nSPS) is 14.8. The molecule has 29 heavy (non-hydrogen) atoms. The molecule has 0 spiro atoms. The lowest BCUT2D eigenvalue weighted by molar-refractivity contribution is 0.0374. The van der Waals surface area contributed by atoms with Crippen LogP contribution >= 0.6 is 11.6 Å². The largest absolute Gasteiger partial charge is 0.379 e. The summed E-state index contributed by atoms with van der Waals surface area (Å²) in [6, 6.07) is 17.1. The van der Waals surface area contributed by atoms with Gasteiger partial charge in [-0.3, -0.25) is 9.69 Å². The van der Waals surface area contributed by atoms with Crippen LogP contribution in [-0.2, 0) is 4.74 Å². The van der Waals surface area contributed by atoms with Crippen molar-refractivity contribution in [3.8, 4) is 11.3 Å². The zero-order valence-electron chi connectivity index (χ0n) is 16.2. The van der Waals surface area contributed by atoms with E-state index in [4.69, 9.17) is 21.3 Å². The highest BCUT2D eigenvalue weighted by Gasteiger charge is 2.15. The van der Waals surface area contributed by atoms with Crippen LogP contribution in [0.15, 0.2) is 54.6 Å². The molecule has 1 aliphatic rings. The molecule has 0 bridgehead atoms. The summed E-state index contributed by atoms with van der Waals surface area (Å²) in [6.07, 6.45) is 0.909. The molecule has 0 atom stereocenters. The number of aromatic nitrogens is 1. The van der Waals surface area contributed by atoms with E-state index in [1.807, 2.05) is 54.6 Å². The summed E-state index contributed by atoms with van der Waals surface area (Å²) < 4.78 is 5.37. The molecule has 6 heteroatoms. The topological polar surface area (TPSA) is 54.5 Å². The van der Waals surface area contributed by atoms with Crippen LogP contribution in [0.25, 0.3) is 22.2 Å². The maximum atomic E-state index is 13.0. The van der Waals surface area contributed by atoms with Crippen LogP contribution in [0.3, 0.4) is 0 Å². The summed E-state index contributed by atoms with van der Waals surface area (Å²) >= 11 is 6.36. The van der Waals surface area contributed by atoms with Crippen LogP contribution in [0.5, 0.6) is 0 Å². The molecule has 0 saturated carbocycles. The maximum absolute atomic E-state index is 13.0. The second-order valence-electron chi connectivity index (χ2n) is 7.12. The van der Waals surface area contributed by atoms with Gasteiger partial charge in [0.2, 0.25) is 0 Å². The Morgan fingerprint density at radius 1 is 1.10 bits per heavy atom. The molecule has 4 rings (SSSR count). The first kappa shape index (κ1) is 19.8. The fourth-order valence-corrected chi connectivity index (χ4v) is 3.83. The van der Waals surface area contributed by atoms with E-state index in [9.17, 15) is 4.79 Å². The van der Waals surface area contributed by atoms with Crippen molar-refractivity contribution >= 4 is 28.4 Å². The number of carbonyl (C=O) groups is 1. The molecule has 2 aromatic carbocycles. The highest BCUT2D eigenvalue weighted by molar-refractivity contribution is 6.33. The number of hydrogen-bond acceptors (Lipinski definition) is 4. The number of pyridine rings is 1. The third-order valence-electron chi connectivity index (χ3n) is 5.15. The van der Waals surface area contributed by atoms with Gasteiger partial charge < -0.3 is 10.1 Å². The molecule has 0 radical (unpaired) electrons. The average molecular weight is 410 g/mol. The quantitative estimate of drug-likeness (QED) is 0.625. The number of rotatable bonds is 6. The van der Waals surface area contributed by atoms with E-state index < -0.39 is 0 Å². The van der Waals surface area contributed by atoms with Gasteiger partial charge in [0.05, 0.1) is 30.0 Å². The van der Waals surface area contributed by atoms with Gasteiger partial charge in [-0.2, -0.15) is 0 Å². The van der Waals surface area contributed by atoms with Crippen molar-refractivity contribution in [3.05, 3.63) is 65.2 Å². The summed E-state index contributed by atoms with van der Waals surface area (Å²) in [6.45, 7) is 5.11. The van der Waals surface area contributed by atoms with Gasteiger partial charge in [0.15, 0.2) is 0 Å². The number of ether oxygens (including phenoxy) is 1. The molecular weight excluding hydrogens is 386 g/mol. The summed E-state index contributed by atoms with van der Waals surface area (Å²) in [7, 11) is 0. The number of carbonyl (C=O) groups excluding carboxylic acids is 1. The Morgan fingerprint density at radius 3 is 2.69 bits per heavy atom. The van der Waals surface area contributed by atoms with Gasteiger partial charge in [0.1, 0.15) is 0 Å². The van der Waals surface area contributed by atoms with Crippen LogP contribution < -0.4 is 5.32 Å². The van der Waals surface area contributed by atoms with Crippen molar-refractivity contribution in [2.75, 3.05) is 39.4 Å². The minimum absolute atomic E-state index is 0.0844. The zero-order chi connectivity index (χ0) is 20.1. The number of nitrogens with zero attached hydrogens (tertiary/aromatic N) is 2. The Morgan fingerprint density at radius 2 is 1.86 bits per heavy atom. The molecule has 150 valence electrons. The molecule has 1 saturated heterocycles. The molecule has 0 unspecified atom stereocenters. The highest BCUT2D eigenvalue weighted by Crippen LogP contribution is 2.29. The van der Waals surface area contributed by atoms with Crippen LogP contribution in [0.2, 0.25) is 5.02 Å². The summed E-state index contributed by atoms with van der Waals surface area (Å²) in [5.41, 5.74) is 2.93. The average Bonchev–Trinajstić information content (AvgIpc) is 2.77. The molecule has 1 aromatic heterocycles. The standard InChI is InChI=1S/C23H24ClN3O2/c24-20-8-3-1-7-18(20)22-16-19(17-6-2-4-9-21(17)26-22)23(28)25-10-5-11-27-12-14-29-15-13-27/h1-4,6-9,16H,5,10-15H2,(H,25,28). The SMILES string of the molecule is O=C(NCCCN1CCOCC1)c1cc(-c2ccccc2Cl)nc2ccccc12. The van der Waals surface area contributed by atoms with E-state index in [2.05, 4.69) is 10.2 Å². The lowest BCUT2D eigenvalue weighted by atomic mass is 10.0. The Balaban J connectivity index is 1.52. The predicted molar refractivity (Wildman–Crippen MR) is 116 cm³/mol. The smallest absolute Gasteiger partial charge is 0.252 e. The maximum Gasteiger partial charge on any atom is 0.252 e. The third kappa shape index (κ3) is 4.75. The second kappa shape index (κ2) is 9.35. The number of fused-ring (bicyclic) bond motifs is 1. The summed E-state index contributed by atoms with van der Waals surface area (Å²) in [4.78, 5) is 20.1. The number of nitrogens with one attached hydrogen (secondary N) is 1. The molecule has 1 N–H and O–H groups in total. The minimum atomic E-state index is -0.0844. The van der Waals surface area contributed by atoms with Gasteiger partial charge in [-0.1, -0.05) is 48.0 Å². The third-order valence-corrected chi connectivity index (χ3v) is 5.48. The Hall–Kier alpha value is -2.47. The van der Waals surface area contributed by atoms with E-state index in [1.165, 1.54) is 0 Å². The first-order valence-corrected chi connectivity index (χ1v) is 10.3. The highest BCUT2D eigenvalue weighted by atomic mass is 35.5. The molecule has 1 fully saturated rings. The number of morpholine rings is 1. The molecule has 5 nitrogen and oxygen atoms in total. The van der Waals surface area contributed by atoms with Crippen molar-refractivity contribution in [2.24, 2.45) is 0 Å². The lowest BCUT2D eigenvalue weighted by Gasteiger charge is -2.26. The van der Waals surface area contributed by atoms with E-state index in [-0.39, 0.29) is 5.91 Å². The second-order valence-corrected chi connectivity index (χ2v) is 7.52. The molecule has 2 heterocycles. The predicted octanol–water partition coefficient (Wildman–Crippen LogP) is 4.01. The van der Waals surface area contributed by atoms with Crippen molar-refractivity contribution < 1.29 is 9.53 Å². The number of halogens is 1. The molecule has 3 aromatic rings. The van der Waals surface area contributed by atoms with Crippen molar-refractivity contribution in [3.63, 3.8) is 0 Å². The molecule has 1 aliphatic heterocycles. The van der Waals surface area contributed by atoms with Crippen molar-refractivity contribution in [1.82, 2.24) is 15.2 Å². The van der Waals surface area contributed by atoms with Gasteiger partial charge in [-0.15, -0.1) is 0 Å². The molecular formula is C23H24ClN3O2. The number of para-hydroxylation sites is 1. The van der Waals surface area contributed by atoms with Gasteiger partial charge in [-0.25, -0.2) is 4.98 Å². The first-order chi connectivity index (χ1) is 14.2. The monoisotopic (exact) mass is 409 g/mol. The van der Waals surface area contributed by atoms with E-state index >= 15 is 0 Å². The van der Waals surface area contributed by atoms with Crippen LogP contribution in [-0.4, -0.2) is 55.2 Å². The fraction of sp³-hybridized carbons (Fsp3) is 0.304. The zero-order valence-corrected chi connectivity index (χ0v) is 17.0. The van der Waals surface area contributed by atoms with E-state index in [0.29, 0.717) is 22.8 Å². The molecule has 1 amide bonds. The number of hydrogen-bond donors (Lipinski definition) is 1. The van der Waals surface area contributed by atoms with Gasteiger partial charge in [-0.05, 0) is 31.2 Å². The van der Waals surface area contributed by atoms with Crippen molar-refractivity contribution in [1.29, 1.82) is 0 Å². The first-order valence-electron chi connectivity index (χ1n) is 9.95. The molecule has 0 aliphatic carbocycles. The fourth-order valence-electron chi connectivity index (χ4n) is 3.59. The van der Waals surface area contributed by atoms with E-state index in [0.717, 1.165) is 55.7 Å². The number of benzene rings is 2. The Bertz CT molecular complexity index is 1000. The Labute approximate surface area is 175 Å². The Kier molecular flexibility index (Phi) is 6.39. The lowest BCUT2D eigenvalue weighted by Crippen LogP contribution is -2.38. The van der Waals surface area contributed by atoms with Gasteiger partial charge in [0, 0.05) is 35.6 Å². The van der Waals surface area contributed by atoms with Crippen LogP contribution in [0, 0.1) is 0 Å². The summed E-state index contributed by atoms with van der Waals surface area (Å²) in [5, 5.41) is 4.53. The van der Waals surface area contributed by atoms with Crippen molar-refractivity contribution in [2.45, 2.75) is 6.42 Å². The summed E-state index contributed by atoms with van der Waals surface area (Å²) in [5.74, 6) is -0.0844. The minimum Gasteiger partial charge on any atom is -0.379 e. The van der Waals surface area contributed by atoms with Gasteiger partial charge in [0.25, 0.3) is 5.91 Å². The van der Waals surface area contributed by atoms with Gasteiger partial charge >= 0.3 is 0 Å². The van der Waals surface area contributed by atoms with Crippen LogP contribution in [0.4, 0.5) is 0 Å². The van der Waals surface area contributed by atoms with E-state index in [1.54, 1.807) is 0 Å².